The number of hydrogen-bond acceptors (Lipinski definition) is 7. The number of hydrogen-bond donors (Lipinski definition) is 1. The molecule has 0 spiro atoms. The number of aliphatic hydroxyl groups excluding tert-OH is 1. The maximum atomic E-state index is 14.3. The van der Waals surface area contributed by atoms with Crippen LogP contribution >= 0.6 is 0 Å². The van der Waals surface area contributed by atoms with Gasteiger partial charge in [0.1, 0.15) is 5.75 Å². The lowest BCUT2D eigenvalue weighted by atomic mass is 9.89. The summed E-state index contributed by atoms with van der Waals surface area (Å²) < 4.78 is 5.90. The number of nitrogens with zero attached hydrogens (tertiary/aromatic N) is 6. The van der Waals surface area contributed by atoms with Crippen LogP contribution in [0, 0.1) is 0 Å². The molecule has 1 fully saturated rings. The number of carbonyl (C=O) groups is 1. The number of likely N-dealkylation sites (tertiary alicyclic amines) is 1. The molecular formula is C29H32N6O3. The summed E-state index contributed by atoms with van der Waals surface area (Å²) in [4.78, 5) is 19.7. The fourth-order valence-electron chi connectivity index (χ4n) is 4.99. The highest BCUT2D eigenvalue weighted by Gasteiger charge is 2.33. The third-order valence-corrected chi connectivity index (χ3v) is 6.99. The number of β-amino-alcohol motifs (C(OH)–C–C–N with tert-alkyl or cyclic N) is 1. The monoisotopic (exact) mass is 512 g/mol. The Bertz CT molecular complexity index is 1260. The number of benzene rings is 3. The van der Waals surface area contributed by atoms with E-state index in [1.165, 1.54) is 11.1 Å². The lowest BCUT2D eigenvalue weighted by Crippen LogP contribution is -2.41. The first-order valence-electron chi connectivity index (χ1n) is 12.8. The normalized spacial score (nSPS) is 16.4. The van der Waals surface area contributed by atoms with Gasteiger partial charge in [-0.25, -0.2) is 0 Å². The van der Waals surface area contributed by atoms with Crippen molar-refractivity contribution >= 4 is 5.91 Å². The van der Waals surface area contributed by atoms with E-state index in [0.717, 1.165) is 29.7 Å². The van der Waals surface area contributed by atoms with Crippen LogP contribution in [0.5, 0.6) is 5.75 Å². The molecule has 9 nitrogen and oxygen atoms in total. The number of likely N-dealkylation sites (N-methyl/N-ethyl adjacent to an activating group) is 1. The molecule has 0 aliphatic carbocycles. The second kappa shape index (κ2) is 12.0. The van der Waals surface area contributed by atoms with Gasteiger partial charge in [0.2, 0.25) is 12.6 Å². The molecular weight excluding hydrogens is 480 g/mol. The highest BCUT2D eigenvalue weighted by Crippen LogP contribution is 2.32. The topological polar surface area (TPSA) is 96.6 Å². The van der Waals surface area contributed by atoms with E-state index in [1.807, 2.05) is 96.9 Å². The molecule has 1 amide bonds. The number of aromatic nitrogens is 4. The van der Waals surface area contributed by atoms with E-state index in [9.17, 15) is 9.90 Å². The van der Waals surface area contributed by atoms with Gasteiger partial charge < -0.3 is 14.7 Å². The first-order valence-corrected chi connectivity index (χ1v) is 12.8. The highest BCUT2D eigenvalue weighted by molar-refractivity contribution is 5.87. The molecule has 1 N–H and O–H groups in total. The first-order chi connectivity index (χ1) is 18.6. The molecule has 3 aromatic carbocycles. The third-order valence-electron chi connectivity index (χ3n) is 6.99. The molecule has 196 valence electrons. The number of tetrazole rings is 1. The quantitative estimate of drug-likeness (QED) is 0.349. The smallest absolute Gasteiger partial charge is 0.234 e. The molecule has 1 aromatic heterocycles. The Labute approximate surface area is 222 Å². The summed E-state index contributed by atoms with van der Waals surface area (Å²) in [5.74, 6) is 0.215. The van der Waals surface area contributed by atoms with Crippen LogP contribution in [-0.2, 0) is 11.5 Å². The fourth-order valence-corrected chi connectivity index (χ4v) is 4.99. The maximum Gasteiger partial charge on any atom is 0.234 e. The van der Waals surface area contributed by atoms with Gasteiger partial charge in [0, 0.05) is 26.7 Å². The SMILES string of the molecule is CN(C(=O)C(c1ccccc1)c1ccccc1)[C@H](CN1CC[C@@H](O)C1)c1cccc(OCn2ncnn2)c1. The summed E-state index contributed by atoms with van der Waals surface area (Å²) >= 11 is 0. The van der Waals surface area contributed by atoms with Crippen molar-refractivity contribution in [3.63, 3.8) is 0 Å². The van der Waals surface area contributed by atoms with Crippen molar-refractivity contribution in [1.82, 2.24) is 30.0 Å². The van der Waals surface area contributed by atoms with Crippen molar-refractivity contribution in [1.29, 1.82) is 0 Å². The molecule has 0 bridgehead atoms. The number of ether oxygens (including phenoxy) is 1. The van der Waals surface area contributed by atoms with E-state index in [-0.39, 0.29) is 24.8 Å². The highest BCUT2D eigenvalue weighted by atomic mass is 16.5. The van der Waals surface area contributed by atoms with Crippen LogP contribution in [0.2, 0.25) is 0 Å². The number of carbonyl (C=O) groups excluding carboxylic acids is 1. The minimum Gasteiger partial charge on any atom is -0.469 e. The van der Waals surface area contributed by atoms with Crippen LogP contribution in [0.25, 0.3) is 0 Å². The third kappa shape index (κ3) is 6.07. The molecule has 9 heteroatoms. The van der Waals surface area contributed by atoms with Crippen molar-refractivity contribution < 1.29 is 14.6 Å². The predicted octanol–water partition coefficient (Wildman–Crippen LogP) is 3.11. The molecule has 0 unspecified atom stereocenters. The Morgan fingerprint density at radius 2 is 1.71 bits per heavy atom. The average Bonchev–Trinajstić information content (AvgIpc) is 3.63. The summed E-state index contributed by atoms with van der Waals surface area (Å²) in [6, 6.07) is 27.3. The van der Waals surface area contributed by atoms with E-state index in [2.05, 4.69) is 20.3 Å². The maximum absolute atomic E-state index is 14.3. The summed E-state index contributed by atoms with van der Waals surface area (Å²) in [6.07, 6.45) is 1.74. The molecule has 2 heterocycles. The number of aliphatic hydroxyl groups is 1. The van der Waals surface area contributed by atoms with Gasteiger partial charge in [-0.05, 0) is 40.5 Å². The molecule has 0 radical (unpaired) electrons. The first kappa shape index (κ1) is 25.6. The Morgan fingerprint density at radius 3 is 2.32 bits per heavy atom. The van der Waals surface area contributed by atoms with E-state index in [0.29, 0.717) is 18.8 Å². The molecule has 38 heavy (non-hydrogen) atoms. The minimum absolute atomic E-state index is 0.00489. The van der Waals surface area contributed by atoms with Gasteiger partial charge >= 0.3 is 0 Å². The molecule has 1 saturated heterocycles. The van der Waals surface area contributed by atoms with Crippen LogP contribution in [0.1, 0.15) is 35.1 Å². The van der Waals surface area contributed by atoms with E-state index >= 15 is 0 Å². The zero-order chi connectivity index (χ0) is 26.3. The van der Waals surface area contributed by atoms with Gasteiger partial charge in [-0.3, -0.25) is 9.69 Å². The lowest BCUT2D eigenvalue weighted by Gasteiger charge is -2.34. The standard InChI is InChI=1S/C29H32N6O3/c1-33(29(37)28(22-9-4-2-5-10-22)23-11-6-3-7-12-23)27(19-34-16-15-25(36)18-34)24-13-8-14-26(17-24)38-21-35-31-20-30-32-35/h2-14,17,20,25,27-28,36H,15-16,18-19,21H2,1H3/t25-,27-/m1/s1. The Morgan fingerprint density at radius 1 is 1.03 bits per heavy atom. The van der Waals surface area contributed by atoms with Crippen LogP contribution in [0.4, 0.5) is 0 Å². The van der Waals surface area contributed by atoms with Crippen molar-refractivity contribution in [3.05, 3.63) is 108 Å². The largest absolute Gasteiger partial charge is 0.469 e. The van der Waals surface area contributed by atoms with Gasteiger partial charge in [0.05, 0.1) is 18.1 Å². The number of amides is 1. The second-order valence-corrected chi connectivity index (χ2v) is 9.58. The molecule has 2 atom stereocenters. The van der Waals surface area contributed by atoms with Gasteiger partial charge in [-0.2, -0.15) is 0 Å². The molecule has 5 rings (SSSR count). The molecule has 1 aliphatic heterocycles. The van der Waals surface area contributed by atoms with E-state index < -0.39 is 5.92 Å². The summed E-state index contributed by atoms with van der Waals surface area (Å²) in [5.41, 5.74) is 2.85. The van der Waals surface area contributed by atoms with Crippen LogP contribution < -0.4 is 4.74 Å². The zero-order valence-electron chi connectivity index (χ0n) is 21.4. The summed E-state index contributed by atoms with van der Waals surface area (Å²) in [7, 11) is 1.87. The summed E-state index contributed by atoms with van der Waals surface area (Å²) in [6.45, 7) is 2.11. The zero-order valence-corrected chi connectivity index (χ0v) is 21.4. The van der Waals surface area contributed by atoms with Crippen molar-refractivity contribution in [2.24, 2.45) is 0 Å². The fraction of sp³-hybridized carbons (Fsp3) is 0.310. The van der Waals surface area contributed by atoms with E-state index in [4.69, 9.17) is 4.74 Å². The minimum atomic E-state index is -0.438. The second-order valence-electron chi connectivity index (χ2n) is 9.58. The van der Waals surface area contributed by atoms with E-state index in [1.54, 1.807) is 0 Å². The van der Waals surface area contributed by atoms with Crippen molar-refractivity contribution in [3.8, 4) is 5.75 Å². The molecule has 1 aliphatic rings. The van der Waals surface area contributed by atoms with Gasteiger partial charge in [-0.15, -0.1) is 15.0 Å². The van der Waals surface area contributed by atoms with Crippen LogP contribution in [-0.4, -0.2) is 73.8 Å². The Balaban J connectivity index is 1.45. The van der Waals surface area contributed by atoms with Crippen LogP contribution in [0.15, 0.2) is 91.3 Å². The van der Waals surface area contributed by atoms with Gasteiger partial charge in [0.15, 0.2) is 6.33 Å². The van der Waals surface area contributed by atoms with Gasteiger partial charge in [-0.1, -0.05) is 72.8 Å². The number of rotatable bonds is 10. The Kier molecular flexibility index (Phi) is 8.06. The molecule has 0 saturated carbocycles. The Hall–Kier alpha value is -4.08. The summed E-state index contributed by atoms with van der Waals surface area (Å²) in [5, 5.41) is 21.7. The van der Waals surface area contributed by atoms with Crippen molar-refractivity contribution in [2.75, 3.05) is 26.7 Å². The van der Waals surface area contributed by atoms with Crippen LogP contribution in [0.3, 0.4) is 0 Å². The molecule has 4 aromatic rings. The van der Waals surface area contributed by atoms with Crippen molar-refractivity contribution in [2.45, 2.75) is 31.2 Å². The predicted molar refractivity (Wildman–Crippen MR) is 142 cm³/mol. The van der Waals surface area contributed by atoms with Gasteiger partial charge in [0.25, 0.3) is 0 Å². The average molecular weight is 513 g/mol. The lowest BCUT2D eigenvalue weighted by molar-refractivity contribution is -0.133.